The highest BCUT2D eigenvalue weighted by atomic mass is 32.1. The molecular weight excluding hydrogens is 226 g/mol. The second kappa shape index (κ2) is 3.45. The largest absolute Gasteiger partial charge is 0.492 e. The van der Waals surface area contributed by atoms with Gasteiger partial charge < -0.3 is 9.72 Å². The lowest BCUT2D eigenvalue weighted by atomic mass is 10.1. The van der Waals surface area contributed by atoms with E-state index >= 15 is 0 Å². The normalized spacial score (nSPS) is 14.5. The Morgan fingerprint density at radius 1 is 1.50 bits per heavy atom. The minimum Gasteiger partial charge on any atom is -0.492 e. The summed E-state index contributed by atoms with van der Waals surface area (Å²) >= 11 is 1.36. The number of H-pyrrole nitrogens is 1. The number of aromatic nitrogens is 1. The summed E-state index contributed by atoms with van der Waals surface area (Å²) in [6.45, 7) is 0.632. The lowest BCUT2D eigenvalue weighted by Crippen LogP contribution is -2.10. The lowest BCUT2D eigenvalue weighted by Gasteiger charge is -2.03. The molecule has 16 heavy (non-hydrogen) atoms. The number of rotatable bonds is 1. The predicted molar refractivity (Wildman–Crippen MR) is 61.6 cm³/mol. The van der Waals surface area contributed by atoms with Gasteiger partial charge >= 0.3 is 0 Å². The van der Waals surface area contributed by atoms with Gasteiger partial charge in [0.2, 0.25) is 0 Å². The second-order valence-electron chi connectivity index (χ2n) is 3.72. The smallest absolute Gasteiger partial charge is 0.266 e. The van der Waals surface area contributed by atoms with Gasteiger partial charge in [-0.05, 0) is 18.4 Å². The predicted octanol–water partition coefficient (Wildman–Crippen LogP) is 1.73. The Bertz CT molecular complexity index is 626. The van der Waals surface area contributed by atoms with Gasteiger partial charge in [-0.3, -0.25) is 9.59 Å². The first kappa shape index (κ1) is 9.59. The number of aldehydes is 1. The van der Waals surface area contributed by atoms with Crippen LogP contribution in [-0.4, -0.2) is 17.9 Å². The van der Waals surface area contributed by atoms with Crippen LogP contribution >= 0.6 is 11.3 Å². The molecule has 4 nitrogen and oxygen atoms in total. The van der Waals surface area contributed by atoms with Crippen LogP contribution in [0.15, 0.2) is 10.2 Å². The van der Waals surface area contributed by atoms with Crippen LogP contribution in [0.5, 0.6) is 5.75 Å². The molecule has 0 bridgehead atoms. The number of pyridine rings is 1. The van der Waals surface area contributed by atoms with E-state index in [1.807, 2.05) is 5.38 Å². The maximum Gasteiger partial charge on any atom is 0.266 e. The van der Waals surface area contributed by atoms with Crippen molar-refractivity contribution >= 4 is 27.7 Å². The van der Waals surface area contributed by atoms with Gasteiger partial charge in [-0.1, -0.05) is 0 Å². The summed E-state index contributed by atoms with van der Waals surface area (Å²) in [5.74, 6) is 0.738. The summed E-state index contributed by atoms with van der Waals surface area (Å²) in [7, 11) is 0. The first-order chi connectivity index (χ1) is 7.81. The van der Waals surface area contributed by atoms with Crippen molar-refractivity contribution in [1.82, 2.24) is 4.98 Å². The number of nitrogens with one attached hydrogen (secondary N) is 1. The number of hydrogen-bond donors (Lipinski definition) is 1. The van der Waals surface area contributed by atoms with E-state index < -0.39 is 0 Å². The quantitative estimate of drug-likeness (QED) is 0.766. The monoisotopic (exact) mass is 235 g/mol. The zero-order chi connectivity index (χ0) is 11.1. The molecule has 2 aromatic rings. The average molecular weight is 235 g/mol. The number of hydrogen-bond acceptors (Lipinski definition) is 4. The molecule has 0 amide bonds. The van der Waals surface area contributed by atoms with E-state index in [1.165, 1.54) is 11.3 Å². The van der Waals surface area contributed by atoms with E-state index in [4.69, 9.17) is 4.74 Å². The lowest BCUT2D eigenvalue weighted by molar-refractivity contribution is 0.111. The van der Waals surface area contributed by atoms with Gasteiger partial charge in [0.15, 0.2) is 6.29 Å². The minimum absolute atomic E-state index is 0.206. The fraction of sp³-hybridized carbons (Fsp3) is 0.273. The highest BCUT2D eigenvalue weighted by Crippen LogP contribution is 2.35. The van der Waals surface area contributed by atoms with Crippen molar-refractivity contribution < 1.29 is 9.53 Å². The number of carbonyl (C=O) groups is 1. The summed E-state index contributed by atoms with van der Waals surface area (Å²) in [5, 5.41) is 2.66. The molecule has 0 aromatic carbocycles. The Kier molecular flexibility index (Phi) is 2.07. The van der Waals surface area contributed by atoms with Crippen LogP contribution in [0.25, 0.3) is 10.1 Å². The summed E-state index contributed by atoms with van der Waals surface area (Å²) < 4.78 is 6.21. The number of thiophene rings is 1. The maximum absolute atomic E-state index is 11.7. The Morgan fingerprint density at radius 3 is 3.19 bits per heavy atom. The van der Waals surface area contributed by atoms with Crippen LogP contribution in [0.1, 0.15) is 22.5 Å². The number of aryl methyl sites for hydroxylation is 1. The third-order valence-electron chi connectivity index (χ3n) is 2.79. The van der Waals surface area contributed by atoms with Crippen LogP contribution in [0.2, 0.25) is 0 Å². The molecule has 1 aliphatic heterocycles. The molecule has 0 saturated heterocycles. The fourth-order valence-electron chi connectivity index (χ4n) is 2.08. The van der Waals surface area contributed by atoms with Crippen molar-refractivity contribution in [3.63, 3.8) is 0 Å². The summed E-state index contributed by atoms with van der Waals surface area (Å²) in [6, 6.07) is 0. The van der Waals surface area contributed by atoms with Crippen molar-refractivity contribution in [3.8, 4) is 5.75 Å². The Balaban J connectivity index is 2.50. The van der Waals surface area contributed by atoms with Crippen molar-refractivity contribution in [2.75, 3.05) is 6.61 Å². The van der Waals surface area contributed by atoms with Gasteiger partial charge in [0.25, 0.3) is 5.56 Å². The van der Waals surface area contributed by atoms with Gasteiger partial charge in [0.1, 0.15) is 10.4 Å². The minimum atomic E-state index is -0.206. The number of carbonyl (C=O) groups excluding carboxylic acids is 1. The molecule has 3 rings (SSSR count). The zero-order valence-electron chi connectivity index (χ0n) is 8.41. The van der Waals surface area contributed by atoms with Crippen molar-refractivity contribution in [1.29, 1.82) is 0 Å². The fourth-order valence-corrected chi connectivity index (χ4v) is 2.99. The number of ether oxygens (including phenoxy) is 1. The molecule has 0 fully saturated rings. The molecule has 5 heteroatoms. The molecule has 1 aliphatic rings. The van der Waals surface area contributed by atoms with Crippen LogP contribution in [0.3, 0.4) is 0 Å². The Labute approximate surface area is 94.9 Å². The third-order valence-corrected chi connectivity index (χ3v) is 3.74. The van der Waals surface area contributed by atoms with Crippen molar-refractivity contribution in [2.24, 2.45) is 0 Å². The molecule has 1 N–H and O–H groups in total. The summed E-state index contributed by atoms with van der Waals surface area (Å²) in [5.41, 5.74) is 1.10. The molecule has 0 spiro atoms. The van der Waals surface area contributed by atoms with Gasteiger partial charge in [-0.25, -0.2) is 0 Å². The summed E-state index contributed by atoms with van der Waals surface area (Å²) in [6.07, 6.45) is 2.34. The summed E-state index contributed by atoms with van der Waals surface area (Å²) in [4.78, 5) is 25.3. The van der Waals surface area contributed by atoms with Crippen molar-refractivity contribution in [3.05, 3.63) is 27.0 Å². The zero-order valence-corrected chi connectivity index (χ0v) is 9.23. The van der Waals surface area contributed by atoms with Crippen LogP contribution in [0, 0.1) is 0 Å². The molecule has 0 atom stereocenters. The first-order valence-electron chi connectivity index (χ1n) is 5.05. The molecular formula is C11H9NO3S. The van der Waals surface area contributed by atoms with Gasteiger partial charge in [0.05, 0.1) is 12.3 Å². The van der Waals surface area contributed by atoms with Gasteiger partial charge in [-0.2, -0.15) is 0 Å². The van der Waals surface area contributed by atoms with E-state index in [-0.39, 0.29) is 5.56 Å². The molecule has 82 valence electrons. The van der Waals surface area contributed by atoms with Gasteiger partial charge in [-0.15, -0.1) is 11.3 Å². The standard InChI is InChI=1S/C11H9NO3S/c13-4-7-6-2-1-3-15-8-5-16-10(9(6)8)11(14)12-7/h4-5H,1-3H2,(H,12,14). The first-order valence-corrected chi connectivity index (χ1v) is 5.93. The Morgan fingerprint density at radius 2 is 2.38 bits per heavy atom. The molecule has 0 unspecified atom stereocenters. The molecule has 2 aromatic heterocycles. The van der Waals surface area contributed by atoms with E-state index in [0.29, 0.717) is 23.3 Å². The topological polar surface area (TPSA) is 59.2 Å². The second-order valence-corrected chi connectivity index (χ2v) is 4.60. The maximum atomic E-state index is 11.7. The highest BCUT2D eigenvalue weighted by molar-refractivity contribution is 7.17. The van der Waals surface area contributed by atoms with E-state index in [2.05, 4.69) is 4.98 Å². The highest BCUT2D eigenvalue weighted by Gasteiger charge is 2.19. The van der Waals surface area contributed by atoms with E-state index in [1.54, 1.807) is 0 Å². The van der Waals surface area contributed by atoms with E-state index in [9.17, 15) is 9.59 Å². The molecule has 0 saturated carbocycles. The van der Waals surface area contributed by atoms with Crippen molar-refractivity contribution in [2.45, 2.75) is 12.8 Å². The SMILES string of the molecule is O=Cc1[nH]c(=O)c2scc3c2c1CCCO3. The van der Waals surface area contributed by atoms with Crippen LogP contribution in [-0.2, 0) is 6.42 Å². The molecule has 0 radical (unpaired) electrons. The van der Waals surface area contributed by atoms with Crippen LogP contribution in [0.4, 0.5) is 0 Å². The Hall–Kier alpha value is -1.62. The van der Waals surface area contributed by atoms with Crippen LogP contribution < -0.4 is 10.3 Å². The van der Waals surface area contributed by atoms with E-state index in [0.717, 1.165) is 29.5 Å². The number of aromatic amines is 1. The third kappa shape index (κ3) is 1.21. The molecule has 3 heterocycles. The molecule has 0 aliphatic carbocycles. The van der Waals surface area contributed by atoms with Gasteiger partial charge in [0, 0.05) is 10.8 Å². The average Bonchev–Trinajstić information content (AvgIpc) is 2.60.